The van der Waals surface area contributed by atoms with Crippen LogP contribution in [0.3, 0.4) is 0 Å². The highest BCUT2D eigenvalue weighted by Gasteiger charge is 2.30. The number of carbonyl (C=O) groups is 1. The summed E-state index contributed by atoms with van der Waals surface area (Å²) in [5.74, 6) is -0.631. The quantitative estimate of drug-likeness (QED) is 0.581. The van der Waals surface area contributed by atoms with Crippen molar-refractivity contribution in [3.63, 3.8) is 0 Å². The largest absolute Gasteiger partial charge is 0.416 e. The van der Waals surface area contributed by atoms with Crippen molar-refractivity contribution in [2.45, 2.75) is 6.18 Å². The first-order valence-electron chi connectivity index (χ1n) is 6.79. The molecule has 0 aromatic heterocycles. The van der Waals surface area contributed by atoms with Crippen molar-refractivity contribution < 1.29 is 22.7 Å². The molecule has 1 aliphatic heterocycles. The van der Waals surface area contributed by atoms with Gasteiger partial charge in [0.1, 0.15) is 0 Å². The summed E-state index contributed by atoms with van der Waals surface area (Å²) in [6.45, 7) is 0. The van der Waals surface area contributed by atoms with Crippen LogP contribution in [-0.4, -0.2) is 11.9 Å². The van der Waals surface area contributed by atoms with Crippen molar-refractivity contribution in [3.05, 3.63) is 75.9 Å². The van der Waals surface area contributed by atoms with E-state index in [0.717, 1.165) is 12.1 Å². The van der Waals surface area contributed by atoms with Crippen molar-refractivity contribution in [1.29, 1.82) is 0 Å². The first-order chi connectivity index (χ1) is 11.3. The van der Waals surface area contributed by atoms with E-state index in [1.54, 1.807) is 24.3 Å². The third kappa shape index (κ3) is 3.33. The van der Waals surface area contributed by atoms with Gasteiger partial charge in [0.05, 0.1) is 16.1 Å². The molecule has 1 heterocycles. The van der Waals surface area contributed by atoms with Gasteiger partial charge in [0.2, 0.25) is 5.90 Å². The Hall–Kier alpha value is -2.60. The van der Waals surface area contributed by atoms with Crippen LogP contribution in [-0.2, 0) is 15.7 Å². The normalized spacial score (nSPS) is 16.2. The highest BCUT2D eigenvalue weighted by atomic mass is 35.5. The summed E-state index contributed by atoms with van der Waals surface area (Å²) in [5.41, 5.74) is 0.0889. The van der Waals surface area contributed by atoms with Crippen LogP contribution in [0, 0.1) is 0 Å². The van der Waals surface area contributed by atoms with E-state index in [1.807, 2.05) is 0 Å². The van der Waals surface area contributed by atoms with Gasteiger partial charge in [-0.05, 0) is 35.9 Å². The topological polar surface area (TPSA) is 38.7 Å². The lowest BCUT2D eigenvalue weighted by atomic mass is 10.1. The number of esters is 1. The first kappa shape index (κ1) is 16.3. The lowest BCUT2D eigenvalue weighted by molar-refractivity contribution is -0.137. The zero-order valence-corrected chi connectivity index (χ0v) is 12.7. The lowest BCUT2D eigenvalue weighted by Gasteiger charge is -2.05. The first-order valence-corrected chi connectivity index (χ1v) is 7.17. The Morgan fingerprint density at radius 3 is 2.33 bits per heavy atom. The molecular formula is C17H9ClF3NO2. The van der Waals surface area contributed by atoms with E-state index >= 15 is 0 Å². The molecule has 0 atom stereocenters. The fourth-order valence-electron chi connectivity index (χ4n) is 2.09. The molecule has 0 fully saturated rings. The predicted molar refractivity (Wildman–Crippen MR) is 83.5 cm³/mol. The van der Waals surface area contributed by atoms with Crippen LogP contribution in [0.15, 0.2) is 59.2 Å². The summed E-state index contributed by atoms with van der Waals surface area (Å²) >= 11 is 6.02. The molecule has 3 nitrogen and oxygen atoms in total. The molecule has 0 N–H and O–H groups in total. The molecule has 0 aliphatic carbocycles. The van der Waals surface area contributed by atoms with Gasteiger partial charge in [-0.3, -0.25) is 0 Å². The second-order valence-electron chi connectivity index (χ2n) is 4.94. The number of hydrogen-bond donors (Lipinski definition) is 0. The van der Waals surface area contributed by atoms with E-state index in [-0.39, 0.29) is 11.6 Å². The molecule has 1 aliphatic rings. The summed E-state index contributed by atoms with van der Waals surface area (Å²) in [7, 11) is 0. The Labute approximate surface area is 140 Å². The number of nitrogens with zero attached hydrogens (tertiary/aromatic N) is 1. The van der Waals surface area contributed by atoms with E-state index in [4.69, 9.17) is 16.3 Å². The maximum Gasteiger partial charge on any atom is 0.416 e. The Morgan fingerprint density at radius 1 is 1.04 bits per heavy atom. The van der Waals surface area contributed by atoms with E-state index in [9.17, 15) is 18.0 Å². The minimum atomic E-state index is -4.41. The van der Waals surface area contributed by atoms with Crippen molar-refractivity contribution >= 4 is 29.5 Å². The predicted octanol–water partition coefficient (Wildman–Crippen LogP) is 4.70. The van der Waals surface area contributed by atoms with Crippen molar-refractivity contribution in [1.82, 2.24) is 0 Å². The van der Waals surface area contributed by atoms with Crippen LogP contribution in [0.2, 0.25) is 5.02 Å². The third-order valence-corrected chi connectivity index (χ3v) is 3.60. The number of carbonyl (C=O) groups excluding carboxylic acids is 1. The van der Waals surface area contributed by atoms with Crippen LogP contribution >= 0.6 is 11.6 Å². The van der Waals surface area contributed by atoms with E-state index in [1.165, 1.54) is 18.2 Å². The Kier molecular flexibility index (Phi) is 4.15. The van der Waals surface area contributed by atoms with Gasteiger partial charge >= 0.3 is 12.1 Å². The highest BCUT2D eigenvalue weighted by molar-refractivity contribution is 6.34. The van der Waals surface area contributed by atoms with Gasteiger partial charge in [0.25, 0.3) is 0 Å². The molecule has 0 saturated carbocycles. The van der Waals surface area contributed by atoms with E-state index in [0.29, 0.717) is 16.1 Å². The molecule has 0 amide bonds. The second kappa shape index (κ2) is 6.13. The molecule has 3 rings (SSSR count). The highest BCUT2D eigenvalue weighted by Crippen LogP contribution is 2.30. The lowest BCUT2D eigenvalue weighted by Crippen LogP contribution is -2.05. The minimum Gasteiger partial charge on any atom is -0.402 e. The molecule has 0 bridgehead atoms. The van der Waals surface area contributed by atoms with E-state index < -0.39 is 17.7 Å². The number of rotatable bonds is 2. The van der Waals surface area contributed by atoms with Crippen molar-refractivity contribution in [2.75, 3.05) is 0 Å². The van der Waals surface area contributed by atoms with Crippen LogP contribution < -0.4 is 0 Å². The second-order valence-corrected chi connectivity index (χ2v) is 5.34. The van der Waals surface area contributed by atoms with Gasteiger partial charge in [-0.2, -0.15) is 13.2 Å². The molecule has 0 spiro atoms. The molecular weight excluding hydrogens is 343 g/mol. The van der Waals surface area contributed by atoms with Crippen molar-refractivity contribution in [3.8, 4) is 0 Å². The van der Waals surface area contributed by atoms with Crippen LogP contribution in [0.5, 0.6) is 0 Å². The Morgan fingerprint density at radius 2 is 1.71 bits per heavy atom. The fraction of sp³-hybridized carbons (Fsp3) is 0.0588. The average Bonchev–Trinajstić information content (AvgIpc) is 2.88. The number of halogens is 4. The number of ether oxygens (including phenoxy) is 1. The SMILES string of the molecule is O=C1OC(c2ccccc2Cl)=NC1=Cc1ccc(C(F)(F)F)cc1. The van der Waals surface area contributed by atoms with Gasteiger partial charge in [-0.1, -0.05) is 35.9 Å². The molecule has 24 heavy (non-hydrogen) atoms. The summed E-state index contributed by atoms with van der Waals surface area (Å²) in [4.78, 5) is 15.9. The van der Waals surface area contributed by atoms with Gasteiger partial charge in [0, 0.05) is 0 Å². The zero-order valence-electron chi connectivity index (χ0n) is 12.0. The van der Waals surface area contributed by atoms with Gasteiger partial charge in [-0.15, -0.1) is 0 Å². The van der Waals surface area contributed by atoms with Gasteiger partial charge in [0.15, 0.2) is 5.70 Å². The molecule has 0 saturated heterocycles. The maximum absolute atomic E-state index is 12.5. The minimum absolute atomic E-state index is 0.00956. The number of benzene rings is 2. The number of alkyl halides is 3. The Balaban J connectivity index is 1.90. The summed E-state index contributed by atoms with van der Waals surface area (Å²) in [6.07, 6.45) is -3.06. The summed E-state index contributed by atoms with van der Waals surface area (Å²) in [5, 5.41) is 0.375. The maximum atomic E-state index is 12.5. The molecule has 0 unspecified atom stereocenters. The number of hydrogen-bond acceptors (Lipinski definition) is 3. The summed E-state index contributed by atoms with van der Waals surface area (Å²) < 4.78 is 42.7. The van der Waals surface area contributed by atoms with Crippen LogP contribution in [0.25, 0.3) is 6.08 Å². The smallest absolute Gasteiger partial charge is 0.402 e. The third-order valence-electron chi connectivity index (χ3n) is 3.27. The monoisotopic (exact) mass is 351 g/mol. The number of aliphatic imine (C=N–C) groups is 1. The molecule has 7 heteroatoms. The van der Waals surface area contributed by atoms with Crippen molar-refractivity contribution in [2.24, 2.45) is 4.99 Å². The molecule has 0 radical (unpaired) electrons. The zero-order chi connectivity index (χ0) is 17.3. The van der Waals surface area contributed by atoms with Gasteiger partial charge in [-0.25, -0.2) is 9.79 Å². The number of cyclic esters (lactones) is 1. The van der Waals surface area contributed by atoms with E-state index in [2.05, 4.69) is 4.99 Å². The van der Waals surface area contributed by atoms with Crippen LogP contribution in [0.1, 0.15) is 16.7 Å². The van der Waals surface area contributed by atoms with Crippen LogP contribution in [0.4, 0.5) is 13.2 Å². The standard InChI is InChI=1S/C17H9ClF3NO2/c18-13-4-2-1-3-12(13)15-22-14(16(23)24-15)9-10-5-7-11(8-6-10)17(19,20)21/h1-9H. The Bertz CT molecular complexity index is 855. The molecule has 2 aromatic carbocycles. The summed E-state index contributed by atoms with van der Waals surface area (Å²) in [6, 6.07) is 11.1. The molecule has 122 valence electrons. The fourth-order valence-corrected chi connectivity index (χ4v) is 2.30. The molecule has 2 aromatic rings. The average molecular weight is 352 g/mol. The van der Waals surface area contributed by atoms with Gasteiger partial charge < -0.3 is 4.74 Å².